The van der Waals surface area contributed by atoms with Gasteiger partial charge in [0.15, 0.2) is 0 Å². The second kappa shape index (κ2) is 6.32. The van der Waals surface area contributed by atoms with E-state index < -0.39 is 5.60 Å². The molecule has 6 heteroatoms. The van der Waals surface area contributed by atoms with Crippen molar-refractivity contribution in [3.63, 3.8) is 0 Å². The number of rotatable bonds is 2. The fourth-order valence-electron chi connectivity index (χ4n) is 3.50. The molecule has 25 heavy (non-hydrogen) atoms. The van der Waals surface area contributed by atoms with Gasteiger partial charge in [-0.2, -0.15) is 0 Å². The zero-order valence-corrected chi connectivity index (χ0v) is 15.5. The summed E-state index contributed by atoms with van der Waals surface area (Å²) in [7, 11) is 0. The zero-order chi connectivity index (χ0) is 18.2. The van der Waals surface area contributed by atoms with Crippen LogP contribution in [0.3, 0.4) is 0 Å². The quantitative estimate of drug-likeness (QED) is 0.892. The molecule has 1 aromatic heterocycles. The van der Waals surface area contributed by atoms with E-state index in [1.165, 1.54) is 0 Å². The van der Waals surface area contributed by atoms with Gasteiger partial charge in [0.2, 0.25) is 5.91 Å². The Morgan fingerprint density at radius 1 is 1.28 bits per heavy atom. The summed E-state index contributed by atoms with van der Waals surface area (Å²) in [6.07, 6.45) is 4.05. The average molecular weight is 345 g/mol. The highest BCUT2D eigenvalue weighted by Crippen LogP contribution is 2.59. The number of hydrogen-bond donors (Lipinski definition) is 1. The Morgan fingerprint density at radius 3 is 2.52 bits per heavy atom. The molecular weight excluding hydrogens is 318 g/mol. The van der Waals surface area contributed by atoms with Crippen LogP contribution in [0.2, 0.25) is 0 Å². The van der Waals surface area contributed by atoms with Crippen molar-refractivity contribution >= 4 is 17.7 Å². The number of hydrogen-bond acceptors (Lipinski definition) is 4. The highest BCUT2D eigenvalue weighted by atomic mass is 16.6. The second-order valence-electron chi connectivity index (χ2n) is 8.26. The Labute approximate surface area is 148 Å². The molecule has 136 valence electrons. The van der Waals surface area contributed by atoms with Crippen molar-refractivity contribution < 1.29 is 14.3 Å². The van der Waals surface area contributed by atoms with E-state index in [1.807, 2.05) is 39.8 Å². The third kappa shape index (κ3) is 4.11. The molecule has 1 saturated carbocycles. The first kappa shape index (κ1) is 17.7. The molecular formula is C19H27N3O3. The zero-order valence-electron chi connectivity index (χ0n) is 15.5. The van der Waals surface area contributed by atoms with Gasteiger partial charge in [-0.15, -0.1) is 0 Å². The molecule has 1 saturated heterocycles. The normalized spacial score (nSPS) is 21.8. The maximum absolute atomic E-state index is 12.5. The lowest BCUT2D eigenvalue weighted by Gasteiger charge is -2.34. The van der Waals surface area contributed by atoms with Crippen molar-refractivity contribution in [2.75, 3.05) is 18.4 Å². The van der Waals surface area contributed by atoms with Crippen molar-refractivity contribution in [3.05, 3.63) is 24.0 Å². The molecule has 1 aliphatic carbocycles. The van der Waals surface area contributed by atoms with Gasteiger partial charge in [-0.1, -0.05) is 0 Å². The molecule has 1 spiro atoms. The number of nitrogens with zero attached hydrogens (tertiary/aromatic N) is 2. The smallest absolute Gasteiger partial charge is 0.410 e. The van der Waals surface area contributed by atoms with Gasteiger partial charge in [0, 0.05) is 24.7 Å². The molecule has 3 rings (SSSR count). The van der Waals surface area contributed by atoms with E-state index in [0.717, 1.165) is 30.6 Å². The largest absolute Gasteiger partial charge is 0.444 e. The third-order valence-corrected chi connectivity index (χ3v) is 5.10. The standard InChI is InChI=1S/C19H27N3O3/c1-13-5-6-14(12-20-13)21-16(23)15-11-19(15)7-9-22(10-8-19)17(24)25-18(2,3)4/h5-6,12,15H,7-11H2,1-4H3,(H,21,23). The highest BCUT2D eigenvalue weighted by Gasteiger charge is 2.58. The predicted octanol–water partition coefficient (Wildman–Crippen LogP) is 3.37. The molecule has 1 aliphatic heterocycles. The monoisotopic (exact) mass is 345 g/mol. The molecule has 2 fully saturated rings. The first-order valence-corrected chi connectivity index (χ1v) is 8.90. The van der Waals surface area contributed by atoms with Crippen LogP contribution in [0.5, 0.6) is 0 Å². The van der Waals surface area contributed by atoms with Crippen LogP contribution in [-0.2, 0) is 9.53 Å². The summed E-state index contributed by atoms with van der Waals surface area (Å²) in [6, 6.07) is 3.76. The van der Waals surface area contributed by atoms with Gasteiger partial charge in [-0.3, -0.25) is 9.78 Å². The van der Waals surface area contributed by atoms with E-state index in [4.69, 9.17) is 4.74 Å². The number of aromatic nitrogens is 1. The molecule has 1 aromatic rings. The number of pyridine rings is 1. The molecule has 2 aliphatic rings. The first-order valence-electron chi connectivity index (χ1n) is 8.90. The Kier molecular flexibility index (Phi) is 4.47. The van der Waals surface area contributed by atoms with Gasteiger partial charge >= 0.3 is 6.09 Å². The number of piperidine rings is 1. The van der Waals surface area contributed by atoms with Gasteiger partial charge < -0.3 is 15.0 Å². The topological polar surface area (TPSA) is 71.5 Å². The maximum Gasteiger partial charge on any atom is 0.410 e. The molecule has 1 atom stereocenters. The number of carbonyl (C=O) groups is 2. The summed E-state index contributed by atoms with van der Waals surface area (Å²) in [6.45, 7) is 8.85. The van der Waals surface area contributed by atoms with Gasteiger partial charge in [0.1, 0.15) is 5.60 Å². The number of anilines is 1. The van der Waals surface area contributed by atoms with Gasteiger partial charge in [0.05, 0.1) is 11.9 Å². The van der Waals surface area contributed by atoms with Crippen LogP contribution >= 0.6 is 0 Å². The summed E-state index contributed by atoms with van der Waals surface area (Å²) >= 11 is 0. The van der Waals surface area contributed by atoms with Crippen molar-refractivity contribution in [1.29, 1.82) is 0 Å². The lowest BCUT2D eigenvalue weighted by Crippen LogP contribution is -2.42. The van der Waals surface area contributed by atoms with Crippen LogP contribution in [-0.4, -0.2) is 40.6 Å². The fourth-order valence-corrected chi connectivity index (χ4v) is 3.50. The predicted molar refractivity (Wildman–Crippen MR) is 95.2 cm³/mol. The Bertz CT molecular complexity index is 655. The lowest BCUT2D eigenvalue weighted by atomic mass is 9.91. The van der Waals surface area contributed by atoms with Crippen LogP contribution in [0.4, 0.5) is 10.5 Å². The van der Waals surface area contributed by atoms with E-state index in [0.29, 0.717) is 13.1 Å². The fraction of sp³-hybridized carbons (Fsp3) is 0.632. The molecule has 0 aromatic carbocycles. The van der Waals surface area contributed by atoms with Crippen LogP contribution in [0.25, 0.3) is 0 Å². The van der Waals surface area contributed by atoms with E-state index in [2.05, 4.69) is 10.3 Å². The minimum atomic E-state index is -0.476. The molecule has 2 amide bonds. The molecule has 0 radical (unpaired) electrons. The minimum Gasteiger partial charge on any atom is -0.444 e. The second-order valence-corrected chi connectivity index (χ2v) is 8.26. The van der Waals surface area contributed by atoms with E-state index >= 15 is 0 Å². The lowest BCUT2D eigenvalue weighted by molar-refractivity contribution is -0.118. The van der Waals surface area contributed by atoms with Crippen LogP contribution in [0.1, 0.15) is 45.7 Å². The summed E-state index contributed by atoms with van der Waals surface area (Å²) < 4.78 is 5.43. The van der Waals surface area contributed by atoms with Crippen molar-refractivity contribution in [1.82, 2.24) is 9.88 Å². The summed E-state index contributed by atoms with van der Waals surface area (Å²) in [5, 5.41) is 2.96. The van der Waals surface area contributed by atoms with Crippen molar-refractivity contribution in [3.8, 4) is 0 Å². The number of nitrogens with one attached hydrogen (secondary N) is 1. The Morgan fingerprint density at radius 2 is 1.96 bits per heavy atom. The molecule has 6 nitrogen and oxygen atoms in total. The Balaban J connectivity index is 1.51. The van der Waals surface area contributed by atoms with E-state index in [9.17, 15) is 9.59 Å². The maximum atomic E-state index is 12.5. The van der Waals surface area contributed by atoms with Gasteiger partial charge in [-0.25, -0.2) is 4.79 Å². The van der Waals surface area contributed by atoms with Gasteiger partial charge in [0.25, 0.3) is 0 Å². The number of aryl methyl sites for hydroxylation is 1. The summed E-state index contributed by atoms with van der Waals surface area (Å²) in [5.74, 6) is 0.103. The summed E-state index contributed by atoms with van der Waals surface area (Å²) in [4.78, 5) is 30.6. The Hall–Kier alpha value is -2.11. The van der Waals surface area contributed by atoms with Crippen LogP contribution < -0.4 is 5.32 Å². The molecule has 1 unspecified atom stereocenters. The number of amides is 2. The van der Waals surface area contributed by atoms with Crippen LogP contribution in [0, 0.1) is 18.3 Å². The van der Waals surface area contributed by atoms with E-state index in [-0.39, 0.29) is 23.3 Å². The number of ether oxygens (including phenoxy) is 1. The molecule has 2 heterocycles. The molecule has 1 N–H and O–H groups in total. The van der Waals surface area contributed by atoms with Crippen molar-refractivity contribution in [2.45, 2.75) is 52.6 Å². The van der Waals surface area contributed by atoms with Crippen LogP contribution in [0.15, 0.2) is 18.3 Å². The third-order valence-electron chi connectivity index (χ3n) is 5.10. The number of carbonyl (C=O) groups excluding carboxylic acids is 2. The summed E-state index contributed by atoms with van der Waals surface area (Å²) in [5.41, 5.74) is 1.25. The van der Waals surface area contributed by atoms with Gasteiger partial charge in [-0.05, 0) is 64.5 Å². The van der Waals surface area contributed by atoms with Crippen molar-refractivity contribution in [2.24, 2.45) is 11.3 Å². The SMILES string of the molecule is Cc1ccc(NC(=O)C2CC23CCN(C(=O)OC(C)(C)C)CC3)cn1. The number of likely N-dealkylation sites (tertiary alicyclic amines) is 1. The first-order chi connectivity index (χ1) is 11.7. The average Bonchev–Trinajstić information content (AvgIpc) is 3.22. The molecule has 0 bridgehead atoms. The minimum absolute atomic E-state index is 0.0367. The van der Waals surface area contributed by atoms with E-state index in [1.54, 1.807) is 11.1 Å². The highest BCUT2D eigenvalue weighted by molar-refractivity contribution is 5.95.